The topological polar surface area (TPSA) is 65.8 Å². The number of piperazine rings is 1. The first-order valence-corrected chi connectivity index (χ1v) is 12.4. The van der Waals surface area contributed by atoms with Crippen molar-refractivity contribution in [1.29, 1.82) is 0 Å². The van der Waals surface area contributed by atoms with Crippen molar-refractivity contribution in [3.63, 3.8) is 0 Å². The fourth-order valence-corrected chi connectivity index (χ4v) is 5.22. The molecule has 5 rings (SSSR count). The van der Waals surface area contributed by atoms with E-state index in [4.69, 9.17) is 16.0 Å². The molecule has 6 nitrogen and oxygen atoms in total. The summed E-state index contributed by atoms with van der Waals surface area (Å²) in [5.74, 6) is 0.0855. The fraction of sp³-hybridized carbons (Fsp3) is 0.231. The molecule has 2 aromatic heterocycles. The van der Waals surface area contributed by atoms with Gasteiger partial charge in [0, 0.05) is 48.7 Å². The van der Waals surface area contributed by atoms with Gasteiger partial charge in [-0.1, -0.05) is 41.9 Å². The number of halogens is 1. The van der Waals surface area contributed by atoms with Gasteiger partial charge in [0.15, 0.2) is 5.76 Å². The standard InChI is InChI=1S/C26H24ClN3O3S/c27-24-10-9-21(34-24)17-29-11-13-30(14-12-29)25(31)15-18-5-7-20(8-6-18)28-26(32)23-16-19-3-1-2-4-22(19)33-23/h1-10,16H,11-15,17H2,(H,28,32). The number of thiophene rings is 1. The Balaban J connectivity index is 1.11. The number of carbonyl (C=O) groups excluding carboxylic acids is 2. The molecule has 2 amide bonds. The third-order valence-electron chi connectivity index (χ3n) is 5.95. The molecular weight excluding hydrogens is 470 g/mol. The van der Waals surface area contributed by atoms with Crippen molar-refractivity contribution in [2.45, 2.75) is 13.0 Å². The van der Waals surface area contributed by atoms with E-state index >= 15 is 0 Å². The first-order chi connectivity index (χ1) is 16.5. The van der Waals surface area contributed by atoms with Crippen LogP contribution in [0.25, 0.3) is 11.0 Å². The number of hydrogen-bond acceptors (Lipinski definition) is 5. The number of rotatable bonds is 6. The van der Waals surface area contributed by atoms with Crippen LogP contribution < -0.4 is 5.32 Å². The number of nitrogens with zero attached hydrogens (tertiary/aromatic N) is 2. The molecule has 1 aliphatic heterocycles. The minimum atomic E-state index is -0.303. The van der Waals surface area contributed by atoms with Crippen LogP contribution in [0.4, 0.5) is 5.69 Å². The monoisotopic (exact) mass is 493 g/mol. The predicted octanol–water partition coefficient (Wildman–Crippen LogP) is 5.29. The number of anilines is 1. The van der Waals surface area contributed by atoms with Gasteiger partial charge < -0.3 is 14.6 Å². The molecule has 0 unspecified atom stereocenters. The van der Waals surface area contributed by atoms with Gasteiger partial charge in [-0.05, 0) is 42.0 Å². The zero-order chi connectivity index (χ0) is 23.5. The average Bonchev–Trinajstić information content (AvgIpc) is 3.46. The van der Waals surface area contributed by atoms with Crippen LogP contribution >= 0.6 is 22.9 Å². The van der Waals surface area contributed by atoms with Gasteiger partial charge in [0.25, 0.3) is 5.91 Å². The molecule has 8 heteroatoms. The second-order valence-electron chi connectivity index (χ2n) is 8.34. The molecule has 0 aliphatic carbocycles. The minimum Gasteiger partial charge on any atom is -0.451 e. The summed E-state index contributed by atoms with van der Waals surface area (Å²) >= 11 is 7.63. The summed E-state index contributed by atoms with van der Waals surface area (Å²) in [4.78, 5) is 30.8. The van der Waals surface area contributed by atoms with Gasteiger partial charge in [-0.3, -0.25) is 14.5 Å². The van der Waals surface area contributed by atoms with E-state index in [1.54, 1.807) is 17.4 Å². The second kappa shape index (κ2) is 10.0. The van der Waals surface area contributed by atoms with Crippen molar-refractivity contribution in [3.05, 3.63) is 87.3 Å². The first kappa shape index (κ1) is 22.7. The molecule has 0 atom stereocenters. The van der Waals surface area contributed by atoms with E-state index in [2.05, 4.69) is 16.3 Å². The van der Waals surface area contributed by atoms with Crippen molar-refractivity contribution in [2.75, 3.05) is 31.5 Å². The number of hydrogen-bond donors (Lipinski definition) is 1. The smallest absolute Gasteiger partial charge is 0.291 e. The summed E-state index contributed by atoms with van der Waals surface area (Å²) in [6, 6.07) is 20.6. The van der Waals surface area contributed by atoms with Gasteiger partial charge in [-0.15, -0.1) is 11.3 Å². The average molecular weight is 494 g/mol. The summed E-state index contributed by atoms with van der Waals surface area (Å²) in [7, 11) is 0. The Morgan fingerprint density at radius 3 is 2.44 bits per heavy atom. The van der Waals surface area contributed by atoms with Gasteiger partial charge in [0.05, 0.1) is 10.8 Å². The molecule has 174 valence electrons. The van der Waals surface area contributed by atoms with Gasteiger partial charge in [-0.25, -0.2) is 0 Å². The predicted molar refractivity (Wildman–Crippen MR) is 135 cm³/mol. The van der Waals surface area contributed by atoms with Crippen LogP contribution in [0.5, 0.6) is 0 Å². The lowest BCUT2D eigenvalue weighted by Crippen LogP contribution is -2.48. The Morgan fingerprint density at radius 2 is 1.74 bits per heavy atom. The zero-order valence-electron chi connectivity index (χ0n) is 18.5. The Morgan fingerprint density at radius 1 is 0.971 bits per heavy atom. The maximum Gasteiger partial charge on any atom is 0.291 e. The van der Waals surface area contributed by atoms with E-state index in [1.807, 2.05) is 59.5 Å². The van der Waals surface area contributed by atoms with E-state index in [0.717, 1.165) is 48.0 Å². The number of furan rings is 1. The summed E-state index contributed by atoms with van der Waals surface area (Å²) < 4.78 is 6.43. The first-order valence-electron chi connectivity index (χ1n) is 11.2. The SMILES string of the molecule is O=C(Nc1ccc(CC(=O)N2CCN(Cc3ccc(Cl)s3)CC2)cc1)c1cc2ccccc2o1. The lowest BCUT2D eigenvalue weighted by molar-refractivity contribution is -0.132. The molecule has 4 aromatic rings. The molecule has 1 aliphatic rings. The van der Waals surface area contributed by atoms with E-state index in [0.29, 0.717) is 17.7 Å². The normalized spacial score (nSPS) is 14.4. The van der Waals surface area contributed by atoms with Crippen LogP contribution in [0.2, 0.25) is 4.34 Å². The maximum absolute atomic E-state index is 12.8. The van der Waals surface area contributed by atoms with Crippen LogP contribution in [-0.2, 0) is 17.8 Å². The zero-order valence-corrected chi connectivity index (χ0v) is 20.1. The Labute approximate surface area is 206 Å². The molecule has 1 N–H and O–H groups in total. The summed E-state index contributed by atoms with van der Waals surface area (Å²) in [6.45, 7) is 4.04. The van der Waals surface area contributed by atoms with Gasteiger partial charge in [0.2, 0.25) is 5.91 Å². The lowest BCUT2D eigenvalue weighted by atomic mass is 10.1. The highest BCUT2D eigenvalue weighted by atomic mass is 35.5. The van der Waals surface area contributed by atoms with E-state index < -0.39 is 0 Å². The van der Waals surface area contributed by atoms with Crippen LogP contribution in [0.15, 0.2) is 71.1 Å². The second-order valence-corrected chi connectivity index (χ2v) is 10.1. The molecule has 34 heavy (non-hydrogen) atoms. The van der Waals surface area contributed by atoms with Crippen molar-refractivity contribution >= 4 is 51.4 Å². The van der Waals surface area contributed by atoms with Crippen LogP contribution in [0.1, 0.15) is 21.0 Å². The number of nitrogens with one attached hydrogen (secondary N) is 1. The Hall–Kier alpha value is -3.13. The minimum absolute atomic E-state index is 0.123. The molecule has 1 fully saturated rings. The van der Waals surface area contributed by atoms with E-state index in [9.17, 15) is 9.59 Å². The quantitative estimate of drug-likeness (QED) is 0.396. The Bertz CT molecular complexity index is 1270. The highest BCUT2D eigenvalue weighted by molar-refractivity contribution is 7.16. The molecule has 0 spiro atoms. The van der Waals surface area contributed by atoms with E-state index in [1.165, 1.54) is 4.88 Å². The third kappa shape index (κ3) is 5.33. The maximum atomic E-state index is 12.8. The van der Waals surface area contributed by atoms with Gasteiger partial charge >= 0.3 is 0 Å². The van der Waals surface area contributed by atoms with Crippen molar-refractivity contribution in [2.24, 2.45) is 0 Å². The molecular formula is C26H24ClN3O3S. The van der Waals surface area contributed by atoms with E-state index in [-0.39, 0.29) is 17.6 Å². The molecule has 3 heterocycles. The number of para-hydroxylation sites is 1. The van der Waals surface area contributed by atoms with Crippen molar-refractivity contribution in [3.8, 4) is 0 Å². The van der Waals surface area contributed by atoms with Crippen LogP contribution in [-0.4, -0.2) is 47.8 Å². The molecule has 2 aromatic carbocycles. The number of benzene rings is 2. The molecule has 1 saturated heterocycles. The highest BCUT2D eigenvalue weighted by Crippen LogP contribution is 2.23. The molecule has 0 bridgehead atoms. The largest absolute Gasteiger partial charge is 0.451 e. The third-order valence-corrected chi connectivity index (χ3v) is 7.17. The summed E-state index contributed by atoms with van der Waals surface area (Å²) in [5.41, 5.74) is 2.25. The fourth-order valence-electron chi connectivity index (χ4n) is 4.09. The lowest BCUT2D eigenvalue weighted by Gasteiger charge is -2.34. The molecule has 0 saturated carbocycles. The summed E-state index contributed by atoms with van der Waals surface area (Å²) in [5, 5.41) is 3.74. The number of carbonyl (C=O) groups is 2. The Kier molecular flexibility index (Phi) is 6.67. The summed E-state index contributed by atoms with van der Waals surface area (Å²) in [6.07, 6.45) is 0.346. The van der Waals surface area contributed by atoms with Crippen LogP contribution in [0, 0.1) is 0 Å². The van der Waals surface area contributed by atoms with Gasteiger partial charge in [0.1, 0.15) is 5.58 Å². The van der Waals surface area contributed by atoms with Crippen molar-refractivity contribution in [1.82, 2.24) is 9.80 Å². The highest BCUT2D eigenvalue weighted by Gasteiger charge is 2.21. The van der Waals surface area contributed by atoms with Gasteiger partial charge in [-0.2, -0.15) is 0 Å². The van der Waals surface area contributed by atoms with Crippen LogP contribution in [0.3, 0.4) is 0 Å². The number of fused-ring (bicyclic) bond motifs is 1. The number of amides is 2. The molecule has 0 radical (unpaired) electrons. The van der Waals surface area contributed by atoms with Crippen molar-refractivity contribution < 1.29 is 14.0 Å².